The summed E-state index contributed by atoms with van der Waals surface area (Å²) in [4.78, 5) is 2.67. The number of hydrogen-bond acceptors (Lipinski definition) is 3. The molecule has 1 aromatic heterocycles. The molecule has 0 radical (unpaired) electrons. The second-order valence-corrected chi connectivity index (χ2v) is 7.61. The molecule has 3 fully saturated rings. The van der Waals surface area contributed by atoms with E-state index in [1.54, 1.807) is 5.57 Å². The highest BCUT2D eigenvalue weighted by Crippen LogP contribution is 2.42. The molecule has 110 valence electrons. The van der Waals surface area contributed by atoms with Gasteiger partial charge in [0, 0.05) is 12.1 Å². The van der Waals surface area contributed by atoms with Crippen LogP contribution in [0.5, 0.6) is 0 Å². The molecule has 2 bridgehead atoms. The minimum atomic E-state index is 0.360. The zero-order chi connectivity index (χ0) is 14.3. The number of rotatable bonds is 2. The van der Waals surface area contributed by atoms with Gasteiger partial charge in [-0.2, -0.15) is 0 Å². The Morgan fingerprint density at radius 2 is 2.05 bits per heavy atom. The molecule has 20 heavy (non-hydrogen) atoms. The fourth-order valence-electron chi connectivity index (χ4n) is 3.68. The average Bonchev–Trinajstić information content (AvgIpc) is 2.77. The van der Waals surface area contributed by atoms with Crippen LogP contribution in [0.3, 0.4) is 0 Å². The van der Waals surface area contributed by atoms with E-state index in [1.165, 1.54) is 32.4 Å². The summed E-state index contributed by atoms with van der Waals surface area (Å²) < 4.78 is 5.41. The Morgan fingerprint density at radius 3 is 2.60 bits per heavy atom. The van der Waals surface area contributed by atoms with Gasteiger partial charge in [-0.15, -0.1) is 0 Å². The Kier molecular flexibility index (Phi) is 3.49. The van der Waals surface area contributed by atoms with Gasteiger partial charge < -0.3 is 4.52 Å². The fourth-order valence-corrected chi connectivity index (χ4v) is 3.68. The highest BCUT2D eigenvalue weighted by atomic mass is 16.5. The second kappa shape index (κ2) is 5.03. The smallest absolute Gasteiger partial charge is 0.159 e. The number of aromatic nitrogens is 1. The number of piperidine rings is 3. The van der Waals surface area contributed by atoms with E-state index < -0.39 is 0 Å². The van der Waals surface area contributed by atoms with Crippen molar-refractivity contribution in [3.8, 4) is 0 Å². The summed E-state index contributed by atoms with van der Waals surface area (Å²) >= 11 is 0. The molecule has 0 spiro atoms. The third-order valence-corrected chi connectivity index (χ3v) is 4.59. The molecule has 4 rings (SSSR count). The van der Waals surface area contributed by atoms with E-state index >= 15 is 0 Å². The summed E-state index contributed by atoms with van der Waals surface area (Å²) in [6.07, 6.45) is 6.11. The lowest BCUT2D eigenvalue weighted by Gasteiger charge is -2.49. The van der Waals surface area contributed by atoms with E-state index in [0.29, 0.717) is 11.5 Å². The molecule has 3 nitrogen and oxygen atoms in total. The third kappa shape index (κ3) is 2.83. The summed E-state index contributed by atoms with van der Waals surface area (Å²) in [5, 5.41) is 4.01. The summed E-state index contributed by atoms with van der Waals surface area (Å²) in [5.74, 6) is 1.67. The van der Waals surface area contributed by atoms with E-state index in [0.717, 1.165) is 17.4 Å². The molecular formula is C17H26N2O. The maximum atomic E-state index is 5.41. The molecule has 3 saturated heterocycles. The lowest BCUT2D eigenvalue weighted by atomic mass is 9.73. The minimum Gasteiger partial charge on any atom is -0.357 e. The summed E-state index contributed by atoms with van der Waals surface area (Å²) in [6, 6.07) is 2.63. The molecule has 0 aromatic carbocycles. The Hall–Kier alpha value is -1.09. The van der Waals surface area contributed by atoms with Crippen LogP contribution in [0, 0.1) is 18.3 Å². The van der Waals surface area contributed by atoms with E-state index in [-0.39, 0.29) is 0 Å². The second-order valence-electron chi connectivity index (χ2n) is 7.61. The normalized spacial score (nSPS) is 32.0. The SMILES string of the molecule is Cc1cc(/C=C2/C3CCN(CC3)C2CC(C)(C)C)on1. The maximum Gasteiger partial charge on any atom is 0.159 e. The standard InChI is InChI=1S/C17H26N2O/c1-12-9-14(20-18-12)10-15-13-5-7-19(8-6-13)16(15)11-17(2,3)4/h9-10,13,16H,5-8,11H2,1-4H3/b15-10-. The monoisotopic (exact) mass is 274 g/mol. The maximum absolute atomic E-state index is 5.41. The van der Waals surface area contributed by atoms with Crippen molar-refractivity contribution in [2.75, 3.05) is 13.1 Å². The van der Waals surface area contributed by atoms with Crippen molar-refractivity contribution in [1.82, 2.24) is 10.1 Å². The lowest BCUT2D eigenvalue weighted by molar-refractivity contribution is 0.0793. The Bertz CT molecular complexity index is 501. The van der Waals surface area contributed by atoms with Crippen LogP contribution >= 0.6 is 0 Å². The van der Waals surface area contributed by atoms with Gasteiger partial charge in [0.25, 0.3) is 0 Å². The van der Waals surface area contributed by atoms with Gasteiger partial charge in [-0.25, -0.2) is 0 Å². The molecule has 0 N–H and O–H groups in total. The minimum absolute atomic E-state index is 0.360. The third-order valence-electron chi connectivity index (χ3n) is 4.59. The zero-order valence-electron chi connectivity index (χ0n) is 13.1. The van der Waals surface area contributed by atoms with Gasteiger partial charge >= 0.3 is 0 Å². The van der Waals surface area contributed by atoms with Crippen molar-refractivity contribution in [2.24, 2.45) is 11.3 Å². The Balaban J connectivity index is 1.90. The summed E-state index contributed by atoms with van der Waals surface area (Å²) in [5.41, 5.74) is 2.90. The van der Waals surface area contributed by atoms with Gasteiger partial charge in [0.2, 0.25) is 0 Å². The lowest BCUT2D eigenvalue weighted by Crippen LogP contribution is -2.51. The van der Waals surface area contributed by atoms with Crippen LogP contribution < -0.4 is 0 Å². The number of aryl methyl sites for hydroxylation is 1. The first kappa shape index (κ1) is 13.9. The largest absolute Gasteiger partial charge is 0.357 e. The molecule has 3 aliphatic rings. The molecule has 0 amide bonds. The summed E-state index contributed by atoms with van der Waals surface area (Å²) in [6.45, 7) is 11.5. The predicted molar refractivity (Wildman–Crippen MR) is 81.4 cm³/mol. The van der Waals surface area contributed by atoms with E-state index in [4.69, 9.17) is 4.52 Å². The number of nitrogens with zero attached hydrogens (tertiary/aromatic N) is 2. The van der Waals surface area contributed by atoms with Crippen molar-refractivity contribution in [2.45, 2.75) is 53.0 Å². The van der Waals surface area contributed by atoms with Crippen molar-refractivity contribution < 1.29 is 4.52 Å². The van der Waals surface area contributed by atoms with Crippen molar-refractivity contribution >= 4 is 6.08 Å². The van der Waals surface area contributed by atoms with E-state index in [9.17, 15) is 0 Å². The van der Waals surface area contributed by atoms with Crippen LogP contribution in [-0.2, 0) is 0 Å². The summed E-state index contributed by atoms with van der Waals surface area (Å²) in [7, 11) is 0. The van der Waals surface area contributed by atoms with Crippen molar-refractivity contribution in [1.29, 1.82) is 0 Å². The Morgan fingerprint density at radius 1 is 1.35 bits per heavy atom. The predicted octanol–water partition coefficient (Wildman–Crippen LogP) is 3.90. The highest BCUT2D eigenvalue weighted by molar-refractivity contribution is 5.51. The van der Waals surface area contributed by atoms with Crippen LogP contribution in [0.4, 0.5) is 0 Å². The van der Waals surface area contributed by atoms with Gasteiger partial charge in [0.05, 0.1) is 5.69 Å². The zero-order valence-corrected chi connectivity index (χ0v) is 13.1. The highest BCUT2D eigenvalue weighted by Gasteiger charge is 2.39. The van der Waals surface area contributed by atoms with Crippen LogP contribution in [0.2, 0.25) is 0 Å². The van der Waals surface area contributed by atoms with Gasteiger partial charge in [-0.1, -0.05) is 25.9 Å². The van der Waals surface area contributed by atoms with Crippen molar-refractivity contribution in [3.63, 3.8) is 0 Å². The van der Waals surface area contributed by atoms with Gasteiger partial charge in [-0.3, -0.25) is 4.90 Å². The topological polar surface area (TPSA) is 29.3 Å². The molecule has 4 heterocycles. The number of hydrogen-bond donors (Lipinski definition) is 0. The van der Waals surface area contributed by atoms with Gasteiger partial charge in [0.1, 0.15) is 0 Å². The van der Waals surface area contributed by atoms with Crippen LogP contribution in [0.1, 0.15) is 51.5 Å². The number of fused-ring (bicyclic) bond motifs is 3. The van der Waals surface area contributed by atoms with E-state index in [2.05, 4.69) is 36.9 Å². The molecule has 0 saturated carbocycles. The molecule has 1 atom stereocenters. The van der Waals surface area contributed by atoms with Crippen LogP contribution in [0.15, 0.2) is 16.2 Å². The quantitative estimate of drug-likeness (QED) is 0.819. The van der Waals surface area contributed by atoms with Gasteiger partial charge in [0.15, 0.2) is 5.76 Å². The molecular weight excluding hydrogens is 248 g/mol. The van der Waals surface area contributed by atoms with Crippen LogP contribution in [-0.4, -0.2) is 29.2 Å². The molecule has 1 aromatic rings. The molecule has 3 heteroatoms. The first-order chi connectivity index (χ1) is 9.42. The van der Waals surface area contributed by atoms with Crippen LogP contribution in [0.25, 0.3) is 6.08 Å². The first-order valence-electron chi connectivity index (χ1n) is 7.81. The fraction of sp³-hybridized carbons (Fsp3) is 0.706. The van der Waals surface area contributed by atoms with Gasteiger partial charge in [-0.05, 0) is 62.3 Å². The van der Waals surface area contributed by atoms with E-state index in [1.807, 2.05) is 13.0 Å². The molecule has 0 aliphatic carbocycles. The first-order valence-corrected chi connectivity index (χ1v) is 7.81. The molecule has 1 unspecified atom stereocenters. The Labute approximate surface area is 122 Å². The van der Waals surface area contributed by atoms with Crippen molar-refractivity contribution in [3.05, 3.63) is 23.1 Å². The average molecular weight is 274 g/mol. The molecule has 3 aliphatic heterocycles.